The van der Waals surface area contributed by atoms with Crippen LogP contribution in [-0.2, 0) is 19.1 Å². The highest BCUT2D eigenvalue weighted by atomic mass is 16.5. The topological polar surface area (TPSA) is 52.6 Å². The summed E-state index contributed by atoms with van der Waals surface area (Å²) in [6, 6.07) is 0. The molecule has 2 unspecified atom stereocenters. The van der Waals surface area contributed by atoms with Crippen LogP contribution in [0.25, 0.3) is 0 Å². The molecule has 3 aliphatic rings. The molecule has 2 saturated carbocycles. The third-order valence-electron chi connectivity index (χ3n) is 4.63. The van der Waals surface area contributed by atoms with Crippen molar-refractivity contribution in [3.63, 3.8) is 0 Å². The van der Waals surface area contributed by atoms with Crippen molar-refractivity contribution < 1.29 is 19.1 Å². The summed E-state index contributed by atoms with van der Waals surface area (Å²) in [5, 5.41) is 0. The van der Waals surface area contributed by atoms with Crippen LogP contribution in [0.4, 0.5) is 0 Å². The van der Waals surface area contributed by atoms with Crippen molar-refractivity contribution in [2.45, 2.75) is 63.6 Å². The molecule has 0 aliphatic heterocycles. The molecule has 4 heteroatoms. The van der Waals surface area contributed by atoms with E-state index in [-0.39, 0.29) is 36.0 Å². The van der Waals surface area contributed by atoms with Crippen LogP contribution in [-0.4, -0.2) is 24.1 Å². The summed E-state index contributed by atoms with van der Waals surface area (Å²) in [7, 11) is 0. The molecule has 2 fully saturated rings. The van der Waals surface area contributed by atoms with Gasteiger partial charge in [0.05, 0.1) is 11.8 Å². The van der Waals surface area contributed by atoms with Gasteiger partial charge in [0, 0.05) is 0 Å². The monoisotopic (exact) mass is 278 g/mol. The highest BCUT2D eigenvalue weighted by molar-refractivity contribution is 5.78. The standard InChI is InChI=1S/C16H22O4/c17-15(19-13-6-2-7-13)11-4-1-5-12(10-11)16(18)20-14-8-3-9-14/h1,4,11-14H,2-3,5-10H2. The Kier molecular flexibility index (Phi) is 4.08. The Morgan fingerprint density at radius 3 is 2.05 bits per heavy atom. The molecule has 4 nitrogen and oxygen atoms in total. The first-order chi connectivity index (χ1) is 9.72. The number of allylic oxidation sites excluding steroid dienone is 1. The fourth-order valence-corrected chi connectivity index (χ4v) is 2.75. The zero-order valence-electron chi connectivity index (χ0n) is 11.8. The highest BCUT2D eigenvalue weighted by Gasteiger charge is 2.33. The maximum Gasteiger partial charge on any atom is 0.313 e. The zero-order valence-corrected chi connectivity index (χ0v) is 11.8. The van der Waals surface area contributed by atoms with Crippen molar-refractivity contribution in [3.05, 3.63) is 12.2 Å². The summed E-state index contributed by atoms with van der Waals surface area (Å²) < 4.78 is 10.9. The molecule has 0 bridgehead atoms. The number of hydrogen-bond acceptors (Lipinski definition) is 4. The normalized spacial score (nSPS) is 30.2. The van der Waals surface area contributed by atoms with Crippen LogP contribution in [0.5, 0.6) is 0 Å². The van der Waals surface area contributed by atoms with Crippen molar-refractivity contribution >= 4 is 11.9 Å². The van der Waals surface area contributed by atoms with Crippen molar-refractivity contribution in [2.75, 3.05) is 0 Å². The van der Waals surface area contributed by atoms with Gasteiger partial charge in [0.1, 0.15) is 12.2 Å². The first kappa shape index (κ1) is 13.7. The van der Waals surface area contributed by atoms with Gasteiger partial charge in [-0.15, -0.1) is 0 Å². The molecule has 0 heterocycles. The minimum Gasteiger partial charge on any atom is -0.462 e. The first-order valence-electron chi connectivity index (χ1n) is 7.80. The lowest BCUT2D eigenvalue weighted by Crippen LogP contribution is -2.34. The molecule has 0 spiro atoms. The largest absolute Gasteiger partial charge is 0.462 e. The Balaban J connectivity index is 1.49. The Morgan fingerprint density at radius 2 is 1.50 bits per heavy atom. The molecule has 0 aromatic heterocycles. The van der Waals surface area contributed by atoms with Gasteiger partial charge in [0.15, 0.2) is 0 Å². The van der Waals surface area contributed by atoms with Crippen LogP contribution in [0.1, 0.15) is 51.4 Å². The van der Waals surface area contributed by atoms with Crippen molar-refractivity contribution in [3.8, 4) is 0 Å². The van der Waals surface area contributed by atoms with E-state index in [1.54, 1.807) is 0 Å². The molecule has 0 aromatic rings. The Labute approximate surface area is 119 Å². The molecular weight excluding hydrogens is 256 g/mol. The number of rotatable bonds is 4. The predicted octanol–water partition coefficient (Wildman–Crippen LogP) is 2.76. The molecule has 0 radical (unpaired) electrons. The third-order valence-corrected chi connectivity index (χ3v) is 4.63. The van der Waals surface area contributed by atoms with Crippen LogP contribution in [0.2, 0.25) is 0 Å². The number of ether oxygens (including phenoxy) is 2. The zero-order chi connectivity index (χ0) is 13.9. The third kappa shape index (κ3) is 3.05. The van der Waals surface area contributed by atoms with Crippen molar-refractivity contribution in [2.24, 2.45) is 11.8 Å². The summed E-state index contributed by atoms with van der Waals surface area (Å²) in [5.74, 6) is -0.768. The lowest BCUT2D eigenvalue weighted by Gasteiger charge is -2.30. The van der Waals surface area contributed by atoms with Gasteiger partial charge in [-0.2, -0.15) is 0 Å². The van der Waals surface area contributed by atoms with Gasteiger partial charge in [-0.1, -0.05) is 12.2 Å². The summed E-state index contributed by atoms with van der Waals surface area (Å²) in [5.41, 5.74) is 0. The maximum absolute atomic E-state index is 12.1. The van der Waals surface area contributed by atoms with E-state index in [1.807, 2.05) is 12.2 Å². The first-order valence-corrected chi connectivity index (χ1v) is 7.80. The fourth-order valence-electron chi connectivity index (χ4n) is 2.75. The lowest BCUT2D eigenvalue weighted by molar-refractivity contribution is -0.161. The summed E-state index contributed by atoms with van der Waals surface area (Å²) in [6.45, 7) is 0. The van der Waals surface area contributed by atoms with Gasteiger partial charge < -0.3 is 9.47 Å². The average Bonchev–Trinajstić information content (AvgIpc) is 2.38. The molecule has 0 amide bonds. The molecule has 3 aliphatic carbocycles. The second kappa shape index (κ2) is 5.98. The van der Waals surface area contributed by atoms with E-state index in [4.69, 9.17) is 9.47 Å². The molecule has 20 heavy (non-hydrogen) atoms. The number of esters is 2. The van der Waals surface area contributed by atoms with Gasteiger partial charge in [-0.05, 0) is 51.4 Å². The molecule has 2 atom stereocenters. The SMILES string of the molecule is O=C(OC1CCC1)C1C=CCC(C(=O)OC2CCC2)C1. The molecule has 0 aromatic carbocycles. The predicted molar refractivity (Wildman–Crippen MR) is 72.8 cm³/mol. The number of carbonyl (C=O) groups excluding carboxylic acids is 2. The average molecular weight is 278 g/mol. The molecule has 110 valence electrons. The van der Waals surface area contributed by atoms with Crippen LogP contribution in [0.3, 0.4) is 0 Å². The minimum absolute atomic E-state index is 0.109. The lowest BCUT2D eigenvalue weighted by atomic mass is 9.86. The van der Waals surface area contributed by atoms with Gasteiger partial charge in [-0.25, -0.2) is 0 Å². The smallest absolute Gasteiger partial charge is 0.313 e. The van der Waals surface area contributed by atoms with Gasteiger partial charge >= 0.3 is 11.9 Å². The fraction of sp³-hybridized carbons (Fsp3) is 0.750. The Morgan fingerprint density at radius 1 is 0.900 bits per heavy atom. The van der Waals surface area contributed by atoms with Gasteiger partial charge in [0.25, 0.3) is 0 Å². The molecule has 0 N–H and O–H groups in total. The van der Waals surface area contributed by atoms with E-state index in [0.29, 0.717) is 12.8 Å². The number of hydrogen-bond donors (Lipinski definition) is 0. The molecule has 3 rings (SSSR count). The van der Waals surface area contributed by atoms with Crippen LogP contribution >= 0.6 is 0 Å². The number of carbonyl (C=O) groups is 2. The van der Waals surface area contributed by atoms with Gasteiger partial charge in [-0.3, -0.25) is 9.59 Å². The van der Waals surface area contributed by atoms with E-state index in [1.165, 1.54) is 0 Å². The van der Waals surface area contributed by atoms with Crippen LogP contribution < -0.4 is 0 Å². The van der Waals surface area contributed by atoms with E-state index in [9.17, 15) is 9.59 Å². The van der Waals surface area contributed by atoms with E-state index in [2.05, 4.69) is 0 Å². The summed E-state index contributed by atoms with van der Waals surface area (Å²) in [4.78, 5) is 24.1. The minimum atomic E-state index is -0.275. The van der Waals surface area contributed by atoms with Crippen molar-refractivity contribution in [1.82, 2.24) is 0 Å². The van der Waals surface area contributed by atoms with E-state index >= 15 is 0 Å². The Bertz CT molecular complexity index is 407. The van der Waals surface area contributed by atoms with Crippen LogP contribution in [0.15, 0.2) is 12.2 Å². The molecule has 0 saturated heterocycles. The van der Waals surface area contributed by atoms with Crippen LogP contribution in [0, 0.1) is 11.8 Å². The van der Waals surface area contributed by atoms with E-state index < -0.39 is 0 Å². The summed E-state index contributed by atoms with van der Waals surface area (Å²) in [6.07, 6.45) is 11.5. The second-order valence-electron chi connectivity index (χ2n) is 6.18. The Hall–Kier alpha value is -1.32. The van der Waals surface area contributed by atoms with Gasteiger partial charge in [0.2, 0.25) is 0 Å². The highest BCUT2D eigenvalue weighted by Crippen LogP contribution is 2.30. The second-order valence-corrected chi connectivity index (χ2v) is 6.18. The van der Waals surface area contributed by atoms with E-state index in [0.717, 1.165) is 38.5 Å². The maximum atomic E-state index is 12.1. The molecular formula is C16H22O4. The van der Waals surface area contributed by atoms with Crippen molar-refractivity contribution in [1.29, 1.82) is 0 Å². The summed E-state index contributed by atoms with van der Waals surface area (Å²) >= 11 is 0. The quantitative estimate of drug-likeness (QED) is 0.586.